The zero-order chi connectivity index (χ0) is 21.6. The van der Waals surface area contributed by atoms with Crippen molar-refractivity contribution < 1.29 is 34.2 Å². The molecule has 0 saturated carbocycles. The van der Waals surface area contributed by atoms with Crippen LogP contribution >= 0.6 is 0 Å². The second-order valence-corrected chi connectivity index (χ2v) is 6.10. The number of carboxylic acid groups (broad SMARTS) is 2. The molecule has 1 aliphatic heterocycles. The van der Waals surface area contributed by atoms with Crippen molar-refractivity contribution in [3.05, 3.63) is 34.4 Å². The van der Waals surface area contributed by atoms with Gasteiger partial charge in [-0.05, 0) is 18.7 Å². The number of ether oxygens (including phenoxy) is 2. The van der Waals surface area contributed by atoms with Crippen LogP contribution in [0.4, 0.5) is 5.69 Å². The summed E-state index contributed by atoms with van der Waals surface area (Å²) < 4.78 is 11.1. The van der Waals surface area contributed by atoms with Crippen molar-refractivity contribution in [2.45, 2.75) is 6.92 Å². The van der Waals surface area contributed by atoms with Crippen LogP contribution in [0.15, 0.2) is 24.3 Å². The number of carbonyl (C=O) groups is 2. The lowest BCUT2D eigenvalue weighted by atomic mass is 10.3. The maximum absolute atomic E-state index is 10.5. The fourth-order valence-corrected chi connectivity index (χ4v) is 2.51. The lowest BCUT2D eigenvalue weighted by molar-refractivity contribution is -0.384. The maximum Gasteiger partial charge on any atom is 0.414 e. The summed E-state index contributed by atoms with van der Waals surface area (Å²) >= 11 is 0. The lowest BCUT2D eigenvalue weighted by Crippen LogP contribution is -2.47. The number of hydrogen-bond donors (Lipinski definition) is 2. The highest BCUT2D eigenvalue weighted by atomic mass is 16.6. The Morgan fingerprint density at radius 1 is 1.00 bits per heavy atom. The number of nitro groups is 1. The third kappa shape index (κ3) is 10.4. The van der Waals surface area contributed by atoms with Crippen LogP contribution in [-0.2, 0) is 14.3 Å². The molecule has 0 aliphatic carbocycles. The van der Waals surface area contributed by atoms with Crippen molar-refractivity contribution in [3.8, 4) is 5.75 Å². The molecule has 0 aromatic heterocycles. The largest absolute Gasteiger partial charge is 0.491 e. The average Bonchev–Trinajstić information content (AvgIpc) is 2.71. The van der Waals surface area contributed by atoms with E-state index in [2.05, 4.69) is 16.7 Å². The summed E-state index contributed by atoms with van der Waals surface area (Å²) in [7, 11) is 0. The minimum Gasteiger partial charge on any atom is -0.491 e. The van der Waals surface area contributed by atoms with Crippen LogP contribution in [-0.4, -0.2) is 96.0 Å². The average molecular weight is 413 g/mol. The third-order valence-corrected chi connectivity index (χ3v) is 4.19. The van der Waals surface area contributed by atoms with Crippen LogP contribution in [0, 0.1) is 10.1 Å². The molecule has 29 heavy (non-hydrogen) atoms. The Bertz CT molecular complexity index is 633. The lowest BCUT2D eigenvalue weighted by Gasteiger charge is -2.33. The number of nitrogens with zero attached hydrogens (tertiary/aromatic N) is 3. The van der Waals surface area contributed by atoms with Gasteiger partial charge in [0.1, 0.15) is 12.4 Å². The molecule has 162 valence electrons. The van der Waals surface area contributed by atoms with E-state index in [4.69, 9.17) is 29.3 Å². The van der Waals surface area contributed by atoms with E-state index in [1.54, 1.807) is 12.1 Å². The molecule has 0 unspecified atom stereocenters. The van der Waals surface area contributed by atoms with Crippen LogP contribution in [0.1, 0.15) is 6.92 Å². The van der Waals surface area contributed by atoms with Gasteiger partial charge in [-0.15, -0.1) is 0 Å². The summed E-state index contributed by atoms with van der Waals surface area (Å²) in [6, 6.07) is 6.08. The Labute approximate surface area is 168 Å². The zero-order valence-corrected chi connectivity index (χ0v) is 16.4. The summed E-state index contributed by atoms with van der Waals surface area (Å²) in [6.07, 6.45) is 0. The number of non-ortho nitro benzene ring substituents is 1. The van der Waals surface area contributed by atoms with E-state index in [1.165, 1.54) is 12.1 Å². The number of carboxylic acids is 2. The van der Waals surface area contributed by atoms with Gasteiger partial charge in [0, 0.05) is 44.9 Å². The van der Waals surface area contributed by atoms with Crippen LogP contribution in [0.3, 0.4) is 0 Å². The number of piperazine rings is 1. The summed E-state index contributed by atoms with van der Waals surface area (Å²) in [5.74, 6) is -3.03. The molecule has 1 fully saturated rings. The molecule has 1 aromatic carbocycles. The first kappa shape index (κ1) is 24.3. The Hall–Kier alpha value is -2.76. The smallest absolute Gasteiger partial charge is 0.414 e. The van der Waals surface area contributed by atoms with Gasteiger partial charge >= 0.3 is 11.9 Å². The molecule has 0 spiro atoms. The first-order chi connectivity index (χ1) is 13.8. The van der Waals surface area contributed by atoms with Gasteiger partial charge in [0.25, 0.3) is 5.69 Å². The minimum absolute atomic E-state index is 0.0665. The first-order valence-electron chi connectivity index (χ1n) is 9.19. The highest BCUT2D eigenvalue weighted by Crippen LogP contribution is 2.17. The van der Waals surface area contributed by atoms with Crippen molar-refractivity contribution in [2.75, 3.05) is 59.1 Å². The second kappa shape index (κ2) is 13.4. The highest BCUT2D eigenvalue weighted by molar-refractivity contribution is 6.27. The number of nitro benzene ring substituents is 1. The van der Waals surface area contributed by atoms with Gasteiger partial charge in [-0.2, -0.15) is 0 Å². The quantitative estimate of drug-likeness (QED) is 0.258. The third-order valence-electron chi connectivity index (χ3n) is 4.19. The molecule has 0 radical (unpaired) electrons. The summed E-state index contributed by atoms with van der Waals surface area (Å²) in [4.78, 5) is 33.2. The fourth-order valence-electron chi connectivity index (χ4n) is 2.51. The summed E-state index contributed by atoms with van der Waals surface area (Å²) in [5.41, 5.74) is 0.0665. The standard InChI is InChI=1S/C16H25N3O4.C2H2O4/c1-2-17-7-9-18(10-8-17)11-12-22-13-14-23-16-5-3-15(4-6-16)19(20)21;3-1(4)2(5)6/h3-6H,2,7-14H2,1H3;(H,3,4)(H,5,6). The molecule has 0 bridgehead atoms. The van der Waals surface area contributed by atoms with Gasteiger partial charge in [0.05, 0.1) is 18.1 Å². The molecule has 2 N–H and O–H groups in total. The molecule has 0 atom stereocenters. The number of likely N-dealkylation sites (N-methyl/N-ethyl adjacent to an activating group) is 1. The van der Waals surface area contributed by atoms with Gasteiger partial charge < -0.3 is 24.6 Å². The van der Waals surface area contributed by atoms with Crippen LogP contribution < -0.4 is 4.74 Å². The Kier molecular flexibility index (Phi) is 11.2. The number of benzene rings is 1. The second-order valence-electron chi connectivity index (χ2n) is 6.10. The van der Waals surface area contributed by atoms with E-state index in [1.807, 2.05) is 0 Å². The number of aliphatic carboxylic acids is 2. The molecule has 1 heterocycles. The Balaban J connectivity index is 0.000000612. The predicted octanol–water partition coefficient (Wildman–Crippen LogP) is 0.783. The Morgan fingerprint density at radius 3 is 2.03 bits per heavy atom. The predicted molar refractivity (Wildman–Crippen MR) is 103 cm³/mol. The SMILES string of the molecule is CCN1CCN(CCOCCOc2ccc([N+](=O)[O-])cc2)CC1.O=C(O)C(=O)O. The molecule has 1 aromatic rings. The topological polar surface area (TPSA) is 143 Å². The van der Waals surface area contributed by atoms with E-state index < -0.39 is 16.9 Å². The molecule has 11 heteroatoms. The van der Waals surface area contributed by atoms with Crippen LogP contribution in [0.5, 0.6) is 5.75 Å². The van der Waals surface area contributed by atoms with E-state index in [-0.39, 0.29) is 5.69 Å². The van der Waals surface area contributed by atoms with Gasteiger partial charge in [-0.1, -0.05) is 6.92 Å². The van der Waals surface area contributed by atoms with Crippen molar-refractivity contribution in [1.29, 1.82) is 0 Å². The van der Waals surface area contributed by atoms with E-state index >= 15 is 0 Å². The molecule has 1 aliphatic rings. The van der Waals surface area contributed by atoms with Crippen molar-refractivity contribution in [3.63, 3.8) is 0 Å². The van der Waals surface area contributed by atoms with Crippen molar-refractivity contribution in [1.82, 2.24) is 9.80 Å². The normalized spacial score (nSPS) is 14.5. The van der Waals surface area contributed by atoms with Crippen molar-refractivity contribution >= 4 is 17.6 Å². The Morgan fingerprint density at radius 2 is 1.55 bits per heavy atom. The molecular formula is C18H27N3O8. The summed E-state index contributed by atoms with van der Waals surface area (Å²) in [5, 5.41) is 25.3. The zero-order valence-electron chi connectivity index (χ0n) is 16.4. The van der Waals surface area contributed by atoms with Crippen molar-refractivity contribution in [2.24, 2.45) is 0 Å². The maximum atomic E-state index is 10.5. The molecular weight excluding hydrogens is 386 g/mol. The molecule has 0 amide bonds. The van der Waals surface area contributed by atoms with Gasteiger partial charge in [0.2, 0.25) is 0 Å². The van der Waals surface area contributed by atoms with Crippen LogP contribution in [0.25, 0.3) is 0 Å². The molecule has 11 nitrogen and oxygen atoms in total. The van der Waals surface area contributed by atoms with Gasteiger partial charge in [0.15, 0.2) is 0 Å². The van der Waals surface area contributed by atoms with E-state index in [9.17, 15) is 10.1 Å². The number of hydrogen-bond acceptors (Lipinski definition) is 8. The van der Waals surface area contributed by atoms with E-state index in [0.29, 0.717) is 25.6 Å². The monoisotopic (exact) mass is 413 g/mol. The van der Waals surface area contributed by atoms with Crippen LogP contribution in [0.2, 0.25) is 0 Å². The van der Waals surface area contributed by atoms with E-state index in [0.717, 1.165) is 39.3 Å². The summed E-state index contributed by atoms with van der Waals surface area (Å²) in [6.45, 7) is 10.4. The minimum atomic E-state index is -1.82. The first-order valence-corrected chi connectivity index (χ1v) is 9.19. The molecule has 1 saturated heterocycles. The fraction of sp³-hybridized carbons (Fsp3) is 0.556. The van der Waals surface area contributed by atoms with Gasteiger partial charge in [-0.25, -0.2) is 9.59 Å². The highest BCUT2D eigenvalue weighted by Gasteiger charge is 2.14. The van der Waals surface area contributed by atoms with Gasteiger partial charge in [-0.3, -0.25) is 15.0 Å². The molecule has 2 rings (SSSR count). The number of rotatable bonds is 9.